The maximum Gasteiger partial charge on any atom is 0.230 e. The molecule has 0 spiro atoms. The van der Waals surface area contributed by atoms with E-state index in [9.17, 15) is 9.18 Å². The third-order valence-corrected chi connectivity index (χ3v) is 4.13. The van der Waals surface area contributed by atoms with Crippen LogP contribution in [0.4, 0.5) is 4.39 Å². The predicted octanol–water partition coefficient (Wildman–Crippen LogP) is 3.36. The molecule has 0 heterocycles. The lowest BCUT2D eigenvalue weighted by atomic mass is 9.81. The molecular weight excluding hydrogens is 291 g/mol. The lowest BCUT2D eigenvalue weighted by Crippen LogP contribution is -2.47. The fourth-order valence-electron chi connectivity index (χ4n) is 2.45. The SMILES string of the molecule is CCN(Cc1cccc(F)c1)C(=O)C(CC)(CC)CN.Cl. The van der Waals surface area contributed by atoms with E-state index in [1.807, 2.05) is 26.8 Å². The van der Waals surface area contributed by atoms with Gasteiger partial charge in [-0.15, -0.1) is 12.4 Å². The summed E-state index contributed by atoms with van der Waals surface area (Å²) in [5, 5.41) is 0. The average molecular weight is 317 g/mol. The molecule has 0 radical (unpaired) electrons. The summed E-state index contributed by atoms with van der Waals surface area (Å²) in [6, 6.07) is 6.38. The summed E-state index contributed by atoms with van der Waals surface area (Å²) < 4.78 is 13.2. The Kier molecular flexibility index (Phi) is 8.52. The molecule has 1 aromatic rings. The van der Waals surface area contributed by atoms with E-state index in [0.717, 1.165) is 18.4 Å². The maximum atomic E-state index is 13.2. The van der Waals surface area contributed by atoms with Gasteiger partial charge in [0.15, 0.2) is 0 Å². The minimum absolute atomic E-state index is 0. The summed E-state index contributed by atoms with van der Waals surface area (Å²) in [4.78, 5) is 14.5. The first kappa shape index (κ1) is 19.9. The highest BCUT2D eigenvalue weighted by molar-refractivity contribution is 5.85. The van der Waals surface area contributed by atoms with E-state index in [1.165, 1.54) is 12.1 Å². The van der Waals surface area contributed by atoms with E-state index in [0.29, 0.717) is 19.6 Å². The molecule has 0 aliphatic carbocycles. The molecule has 0 unspecified atom stereocenters. The summed E-state index contributed by atoms with van der Waals surface area (Å²) in [6.45, 7) is 7.28. The zero-order valence-electron chi connectivity index (χ0n) is 13.1. The molecular formula is C16H26ClFN2O. The molecule has 0 saturated heterocycles. The molecule has 2 N–H and O–H groups in total. The van der Waals surface area contributed by atoms with Gasteiger partial charge in [-0.3, -0.25) is 4.79 Å². The Morgan fingerprint density at radius 1 is 1.29 bits per heavy atom. The Balaban J connectivity index is 0.00000400. The standard InChI is InChI=1S/C16H25FN2O.ClH/c1-4-16(5-2,12-18)15(20)19(6-3)11-13-8-7-9-14(17)10-13;/h7-10H,4-6,11-12,18H2,1-3H3;1H. The highest BCUT2D eigenvalue weighted by atomic mass is 35.5. The van der Waals surface area contributed by atoms with Gasteiger partial charge in [-0.1, -0.05) is 26.0 Å². The van der Waals surface area contributed by atoms with Gasteiger partial charge >= 0.3 is 0 Å². The Morgan fingerprint density at radius 3 is 2.33 bits per heavy atom. The van der Waals surface area contributed by atoms with Gasteiger partial charge in [0.2, 0.25) is 5.91 Å². The van der Waals surface area contributed by atoms with Crippen molar-refractivity contribution in [3.63, 3.8) is 0 Å². The lowest BCUT2D eigenvalue weighted by Gasteiger charge is -2.34. The number of benzene rings is 1. The Labute approximate surface area is 133 Å². The number of rotatable bonds is 7. The number of carbonyl (C=O) groups excluding carboxylic acids is 1. The number of nitrogens with two attached hydrogens (primary N) is 1. The van der Waals surface area contributed by atoms with Crippen molar-refractivity contribution in [2.45, 2.75) is 40.2 Å². The van der Waals surface area contributed by atoms with E-state index in [2.05, 4.69) is 0 Å². The fourth-order valence-corrected chi connectivity index (χ4v) is 2.45. The first-order chi connectivity index (χ1) is 9.52. The van der Waals surface area contributed by atoms with Crippen LogP contribution in [0.1, 0.15) is 39.2 Å². The second-order valence-electron chi connectivity index (χ2n) is 5.14. The van der Waals surface area contributed by atoms with E-state index in [1.54, 1.807) is 11.0 Å². The van der Waals surface area contributed by atoms with Crippen LogP contribution in [-0.2, 0) is 11.3 Å². The number of nitrogens with zero attached hydrogens (tertiary/aromatic N) is 1. The Morgan fingerprint density at radius 2 is 1.90 bits per heavy atom. The summed E-state index contributed by atoms with van der Waals surface area (Å²) in [5.41, 5.74) is 6.14. The van der Waals surface area contributed by atoms with Crippen LogP contribution in [0.25, 0.3) is 0 Å². The zero-order valence-corrected chi connectivity index (χ0v) is 13.9. The summed E-state index contributed by atoms with van der Waals surface area (Å²) in [6.07, 6.45) is 1.44. The fraction of sp³-hybridized carbons (Fsp3) is 0.562. The normalized spacial score (nSPS) is 10.9. The lowest BCUT2D eigenvalue weighted by molar-refractivity contribution is -0.142. The summed E-state index contributed by atoms with van der Waals surface area (Å²) in [7, 11) is 0. The summed E-state index contributed by atoms with van der Waals surface area (Å²) >= 11 is 0. The van der Waals surface area contributed by atoms with Crippen LogP contribution in [0.15, 0.2) is 24.3 Å². The third-order valence-electron chi connectivity index (χ3n) is 4.13. The second kappa shape index (κ2) is 9.00. The van der Waals surface area contributed by atoms with Gasteiger partial charge in [-0.2, -0.15) is 0 Å². The van der Waals surface area contributed by atoms with Crippen molar-refractivity contribution in [3.05, 3.63) is 35.6 Å². The van der Waals surface area contributed by atoms with Crippen molar-refractivity contribution in [1.29, 1.82) is 0 Å². The minimum Gasteiger partial charge on any atom is -0.338 e. The molecule has 0 aromatic heterocycles. The van der Waals surface area contributed by atoms with Gasteiger partial charge < -0.3 is 10.6 Å². The molecule has 1 rings (SSSR count). The number of hydrogen-bond acceptors (Lipinski definition) is 2. The molecule has 0 bridgehead atoms. The molecule has 5 heteroatoms. The van der Waals surface area contributed by atoms with Crippen molar-refractivity contribution in [1.82, 2.24) is 4.90 Å². The van der Waals surface area contributed by atoms with Crippen LogP contribution >= 0.6 is 12.4 Å². The molecule has 120 valence electrons. The van der Waals surface area contributed by atoms with Gasteiger partial charge in [-0.05, 0) is 37.5 Å². The van der Waals surface area contributed by atoms with Crippen LogP contribution in [0, 0.1) is 11.2 Å². The molecule has 21 heavy (non-hydrogen) atoms. The highest BCUT2D eigenvalue weighted by Gasteiger charge is 2.36. The van der Waals surface area contributed by atoms with Gasteiger partial charge in [0.25, 0.3) is 0 Å². The number of carbonyl (C=O) groups is 1. The van der Waals surface area contributed by atoms with Gasteiger partial charge in [0, 0.05) is 19.6 Å². The topological polar surface area (TPSA) is 46.3 Å². The largest absolute Gasteiger partial charge is 0.338 e. The predicted molar refractivity (Wildman–Crippen MR) is 86.8 cm³/mol. The van der Waals surface area contributed by atoms with Crippen molar-refractivity contribution in [2.75, 3.05) is 13.1 Å². The minimum atomic E-state index is -0.497. The maximum absolute atomic E-state index is 13.2. The Hall–Kier alpha value is -1.13. The molecule has 1 amide bonds. The molecule has 0 atom stereocenters. The average Bonchev–Trinajstić information content (AvgIpc) is 2.47. The van der Waals surface area contributed by atoms with Crippen LogP contribution in [0.5, 0.6) is 0 Å². The third kappa shape index (κ3) is 4.68. The van der Waals surface area contributed by atoms with E-state index >= 15 is 0 Å². The van der Waals surface area contributed by atoms with Crippen LogP contribution in [0.2, 0.25) is 0 Å². The van der Waals surface area contributed by atoms with Gasteiger partial charge in [-0.25, -0.2) is 4.39 Å². The quantitative estimate of drug-likeness (QED) is 0.838. The Bertz CT molecular complexity index is 441. The van der Waals surface area contributed by atoms with E-state index < -0.39 is 5.41 Å². The monoisotopic (exact) mass is 316 g/mol. The van der Waals surface area contributed by atoms with Gasteiger partial charge in [0.1, 0.15) is 5.82 Å². The molecule has 0 fully saturated rings. The van der Waals surface area contributed by atoms with E-state index in [4.69, 9.17) is 5.73 Å². The van der Waals surface area contributed by atoms with Crippen molar-refractivity contribution in [2.24, 2.45) is 11.1 Å². The molecule has 0 saturated carbocycles. The highest BCUT2D eigenvalue weighted by Crippen LogP contribution is 2.28. The smallest absolute Gasteiger partial charge is 0.230 e. The number of halogens is 2. The first-order valence-electron chi connectivity index (χ1n) is 7.26. The second-order valence-corrected chi connectivity index (χ2v) is 5.14. The van der Waals surface area contributed by atoms with Crippen LogP contribution in [-0.4, -0.2) is 23.9 Å². The van der Waals surface area contributed by atoms with Crippen molar-refractivity contribution < 1.29 is 9.18 Å². The van der Waals surface area contributed by atoms with Crippen molar-refractivity contribution in [3.8, 4) is 0 Å². The van der Waals surface area contributed by atoms with Crippen LogP contribution in [0.3, 0.4) is 0 Å². The first-order valence-corrected chi connectivity index (χ1v) is 7.26. The number of amides is 1. The number of hydrogen-bond donors (Lipinski definition) is 1. The molecule has 3 nitrogen and oxygen atoms in total. The van der Waals surface area contributed by atoms with Gasteiger partial charge in [0.05, 0.1) is 5.41 Å². The summed E-state index contributed by atoms with van der Waals surface area (Å²) in [5.74, 6) is -0.209. The zero-order chi connectivity index (χ0) is 15.2. The molecule has 0 aliphatic heterocycles. The van der Waals surface area contributed by atoms with Crippen LogP contribution < -0.4 is 5.73 Å². The molecule has 1 aromatic carbocycles. The van der Waals surface area contributed by atoms with E-state index in [-0.39, 0.29) is 24.1 Å². The molecule has 0 aliphatic rings. The van der Waals surface area contributed by atoms with Crippen molar-refractivity contribution >= 4 is 18.3 Å².